The van der Waals surface area contributed by atoms with Gasteiger partial charge in [0.25, 0.3) is 0 Å². The molecule has 1 heterocycles. The topological polar surface area (TPSA) is 18.5 Å². The number of benzene rings is 3. The molecular weight excluding hydrogens is 520 g/mol. The van der Waals surface area contributed by atoms with Crippen LogP contribution in [0.4, 0.5) is 30.7 Å². The van der Waals surface area contributed by atoms with Gasteiger partial charge in [0.15, 0.2) is 11.6 Å². The summed E-state index contributed by atoms with van der Waals surface area (Å²) in [6.45, 7) is -0.00787. The quantitative estimate of drug-likeness (QED) is 0.243. The highest BCUT2D eigenvalue weighted by molar-refractivity contribution is 7.17. The molecule has 3 aromatic rings. The number of ether oxygens (including phenoxy) is 2. The monoisotopic (exact) mass is 542 g/mol. The van der Waals surface area contributed by atoms with E-state index >= 15 is 4.39 Å². The summed E-state index contributed by atoms with van der Waals surface area (Å²) >= 11 is 0. The zero-order valence-electron chi connectivity index (χ0n) is 19.3. The lowest BCUT2D eigenvalue weighted by Crippen LogP contribution is -2.24. The molecule has 1 atom stereocenters. The lowest BCUT2D eigenvalue weighted by molar-refractivity contribution is -0.187. The molecule has 196 valence electrons. The Morgan fingerprint density at radius 2 is 1.49 bits per heavy atom. The summed E-state index contributed by atoms with van der Waals surface area (Å²) in [6.07, 6.45) is -4.93. The van der Waals surface area contributed by atoms with Crippen LogP contribution in [0.2, 0.25) is 0 Å². The molecule has 0 amide bonds. The van der Waals surface area contributed by atoms with E-state index < -0.39 is 40.8 Å². The van der Waals surface area contributed by atoms with E-state index in [-0.39, 0.29) is 24.5 Å². The molecule has 1 saturated carbocycles. The summed E-state index contributed by atoms with van der Waals surface area (Å²) in [5, 5.41) is 0. The van der Waals surface area contributed by atoms with Crippen LogP contribution in [0.3, 0.4) is 0 Å². The summed E-state index contributed by atoms with van der Waals surface area (Å²) in [6, 6.07) is 8.98. The third-order valence-electron chi connectivity index (χ3n) is 6.94. The average molecular weight is 542 g/mol. The van der Waals surface area contributed by atoms with Crippen molar-refractivity contribution in [3.8, 4) is 22.6 Å². The molecule has 0 spiro atoms. The zero-order chi connectivity index (χ0) is 26.5. The molecule has 1 aliphatic heterocycles. The molecule has 0 N–H and O–H groups in total. The van der Waals surface area contributed by atoms with Crippen LogP contribution in [0, 0.1) is 11.6 Å². The first-order chi connectivity index (χ1) is 17.4. The molecule has 1 unspecified atom stereocenters. The molecule has 37 heavy (non-hydrogen) atoms. The Labute approximate surface area is 211 Å². The Bertz CT molecular complexity index is 1330. The Hall–Kier alpha value is -2.80. The van der Waals surface area contributed by atoms with Crippen molar-refractivity contribution in [2.75, 3.05) is 0 Å². The highest BCUT2D eigenvalue weighted by Gasteiger charge is 2.41. The fourth-order valence-electron chi connectivity index (χ4n) is 4.98. The van der Waals surface area contributed by atoms with E-state index in [1.165, 1.54) is 11.6 Å². The van der Waals surface area contributed by atoms with Gasteiger partial charge in [-0.1, -0.05) is 18.2 Å². The van der Waals surface area contributed by atoms with Crippen LogP contribution in [-0.4, -0.2) is 5.66 Å². The molecule has 2 nitrogen and oxygen atoms in total. The molecule has 0 saturated heterocycles. The molecular formula is C27H22F7O2P. The Kier molecular flexibility index (Phi) is 6.63. The highest BCUT2D eigenvalue weighted by Crippen LogP contribution is 2.46. The van der Waals surface area contributed by atoms with Crippen molar-refractivity contribution in [1.82, 2.24) is 0 Å². The van der Waals surface area contributed by atoms with Crippen molar-refractivity contribution >= 4 is 9.24 Å². The van der Waals surface area contributed by atoms with E-state index in [1.54, 1.807) is 0 Å². The van der Waals surface area contributed by atoms with Crippen molar-refractivity contribution in [1.29, 1.82) is 0 Å². The molecule has 0 bridgehead atoms. The second-order valence-corrected chi connectivity index (χ2v) is 10.3. The van der Waals surface area contributed by atoms with Crippen LogP contribution in [0.5, 0.6) is 11.5 Å². The first-order valence-corrected chi connectivity index (χ1v) is 12.4. The van der Waals surface area contributed by atoms with E-state index in [2.05, 4.69) is 14.0 Å². The average Bonchev–Trinajstić information content (AvgIpc) is 2.83. The van der Waals surface area contributed by atoms with Crippen molar-refractivity contribution in [3.05, 3.63) is 82.4 Å². The van der Waals surface area contributed by atoms with Gasteiger partial charge in [0.1, 0.15) is 23.7 Å². The molecule has 1 aliphatic carbocycles. The van der Waals surface area contributed by atoms with Crippen molar-refractivity contribution < 1.29 is 40.2 Å². The van der Waals surface area contributed by atoms with E-state index in [0.717, 1.165) is 37.3 Å². The Morgan fingerprint density at radius 1 is 0.811 bits per heavy atom. The van der Waals surface area contributed by atoms with Gasteiger partial charge in [0, 0.05) is 11.6 Å². The normalized spacial score (nSPS) is 19.6. The van der Waals surface area contributed by atoms with Crippen LogP contribution >= 0.6 is 9.24 Å². The summed E-state index contributed by atoms with van der Waals surface area (Å²) < 4.78 is 107. The van der Waals surface area contributed by atoms with Gasteiger partial charge in [0.2, 0.25) is 0 Å². The number of halogens is 7. The van der Waals surface area contributed by atoms with Gasteiger partial charge < -0.3 is 9.47 Å². The third kappa shape index (κ3) is 5.02. The van der Waals surface area contributed by atoms with Crippen LogP contribution in [0.25, 0.3) is 11.1 Å². The lowest BCUT2D eigenvalue weighted by Gasteiger charge is -2.28. The smallest absolute Gasteiger partial charge is 0.429 e. The minimum atomic E-state index is -5.00. The second kappa shape index (κ2) is 9.50. The van der Waals surface area contributed by atoms with E-state index in [1.807, 2.05) is 18.2 Å². The maximum Gasteiger partial charge on any atom is 0.429 e. The molecule has 1 fully saturated rings. The van der Waals surface area contributed by atoms with Crippen LogP contribution < -0.4 is 9.47 Å². The second-order valence-electron chi connectivity index (χ2n) is 9.38. The highest BCUT2D eigenvalue weighted by atomic mass is 31.0. The van der Waals surface area contributed by atoms with Gasteiger partial charge in [-0.2, -0.15) is 22.0 Å². The predicted octanol–water partition coefficient (Wildman–Crippen LogP) is 8.57. The molecule has 0 radical (unpaired) electrons. The molecule has 0 aromatic heterocycles. The van der Waals surface area contributed by atoms with Gasteiger partial charge >= 0.3 is 12.3 Å². The fourth-order valence-corrected chi connectivity index (χ4v) is 5.36. The zero-order valence-corrected chi connectivity index (χ0v) is 20.5. The van der Waals surface area contributed by atoms with Crippen molar-refractivity contribution in [2.45, 2.75) is 56.2 Å². The van der Waals surface area contributed by atoms with Crippen LogP contribution in [-0.2, 0) is 18.9 Å². The summed E-state index contributed by atoms with van der Waals surface area (Å²) in [4.78, 5) is 0. The molecule has 2 aliphatic rings. The number of alkyl halides is 5. The number of rotatable bonds is 4. The van der Waals surface area contributed by atoms with E-state index in [4.69, 9.17) is 4.74 Å². The predicted molar refractivity (Wildman–Crippen MR) is 127 cm³/mol. The first kappa shape index (κ1) is 25.8. The van der Waals surface area contributed by atoms with Crippen LogP contribution in [0.15, 0.2) is 48.5 Å². The number of hydrogen-bond acceptors (Lipinski definition) is 2. The standard InChI is InChI=1S/C27H22F7O2P/c28-23-12-17(4-9-21(23)26(30,31)32)36-27(33,34)22-10-8-20-19-7-3-15(14-1-5-18(37)6-2-14)11-16(19)13-35-25(20)24(22)29/h3-4,7-12,14,18H,1-2,5-6,13,37H2. The Morgan fingerprint density at radius 3 is 2.16 bits per heavy atom. The van der Waals surface area contributed by atoms with Gasteiger partial charge in [-0.25, -0.2) is 8.78 Å². The number of fused-ring (bicyclic) bond motifs is 3. The number of hydrogen-bond donors (Lipinski definition) is 0. The lowest BCUT2D eigenvalue weighted by atomic mass is 9.82. The van der Waals surface area contributed by atoms with Gasteiger partial charge in [-0.05, 0) is 78.2 Å². The van der Waals surface area contributed by atoms with E-state index in [0.29, 0.717) is 28.8 Å². The van der Waals surface area contributed by atoms with Crippen molar-refractivity contribution in [2.24, 2.45) is 0 Å². The minimum Gasteiger partial charge on any atom is -0.485 e. The van der Waals surface area contributed by atoms with Gasteiger partial charge in [-0.15, -0.1) is 9.24 Å². The summed E-state index contributed by atoms with van der Waals surface area (Å²) in [5.74, 6) is -3.98. The molecule has 10 heteroatoms. The van der Waals surface area contributed by atoms with Crippen molar-refractivity contribution in [3.63, 3.8) is 0 Å². The molecule has 3 aromatic carbocycles. The fraction of sp³-hybridized carbons (Fsp3) is 0.333. The largest absolute Gasteiger partial charge is 0.485 e. The SMILES string of the molecule is Fc1cc(OC(F)(F)c2ccc3c(c2F)OCc2cc(C4CCC(P)CC4)ccc2-3)ccc1C(F)(F)F. The van der Waals surface area contributed by atoms with E-state index in [9.17, 15) is 26.3 Å². The third-order valence-corrected chi connectivity index (χ3v) is 7.60. The Balaban J connectivity index is 1.41. The maximum atomic E-state index is 15.2. The van der Waals surface area contributed by atoms with Crippen LogP contribution in [0.1, 0.15) is 53.9 Å². The first-order valence-electron chi connectivity index (χ1n) is 11.7. The summed E-state index contributed by atoms with van der Waals surface area (Å²) in [5.41, 5.74) is 0.790. The maximum absolute atomic E-state index is 15.2. The van der Waals surface area contributed by atoms with Gasteiger partial charge in [-0.3, -0.25) is 0 Å². The molecule has 5 rings (SSSR count). The minimum absolute atomic E-state index is 0.00787. The summed E-state index contributed by atoms with van der Waals surface area (Å²) in [7, 11) is 2.87. The van der Waals surface area contributed by atoms with Gasteiger partial charge in [0.05, 0.1) is 5.56 Å².